The van der Waals surface area contributed by atoms with Crippen LogP contribution >= 0.6 is 39.9 Å². The summed E-state index contributed by atoms with van der Waals surface area (Å²) in [6.07, 6.45) is 1.82. The molecule has 1 aliphatic heterocycles. The molecule has 0 saturated carbocycles. The fourth-order valence-corrected chi connectivity index (χ4v) is 5.31. The number of amides is 1. The largest absolute Gasteiger partial charge is 0.493 e. The molecule has 1 aliphatic rings. The Labute approximate surface area is 217 Å². The molecule has 0 atom stereocenters. The fourth-order valence-electron chi connectivity index (χ4n) is 3.43. The standard InChI is InChI=1S/C26H23BrN2O3S2/c1-28(2)19-9-11-20(12-10-19)29-25(30)23(34-26(29)33)15-18-13-21(27)24(22(14-18)31-3)32-16-17-7-5-4-6-8-17/h4-15H,16H2,1-3H3/b23-15+. The molecule has 0 bridgehead atoms. The molecule has 1 amide bonds. The molecule has 0 aliphatic carbocycles. The monoisotopic (exact) mass is 554 g/mol. The van der Waals surface area contributed by atoms with E-state index in [1.54, 1.807) is 12.0 Å². The van der Waals surface area contributed by atoms with Gasteiger partial charge in [0, 0.05) is 19.8 Å². The Morgan fingerprint density at radius 2 is 1.79 bits per heavy atom. The third-order valence-corrected chi connectivity index (χ3v) is 7.08. The van der Waals surface area contributed by atoms with Crippen LogP contribution in [0.1, 0.15) is 11.1 Å². The minimum Gasteiger partial charge on any atom is -0.493 e. The summed E-state index contributed by atoms with van der Waals surface area (Å²) in [7, 11) is 5.54. The highest BCUT2D eigenvalue weighted by molar-refractivity contribution is 9.10. The van der Waals surface area contributed by atoms with E-state index in [9.17, 15) is 4.79 Å². The molecule has 0 aromatic heterocycles. The van der Waals surface area contributed by atoms with E-state index in [4.69, 9.17) is 21.7 Å². The molecule has 3 aromatic rings. The summed E-state index contributed by atoms with van der Waals surface area (Å²) < 4.78 is 12.8. The first kappa shape index (κ1) is 24.3. The number of ether oxygens (including phenoxy) is 2. The highest BCUT2D eigenvalue weighted by Crippen LogP contribution is 2.40. The number of thioether (sulfide) groups is 1. The molecule has 174 valence electrons. The van der Waals surface area contributed by atoms with Crippen LogP contribution in [0.2, 0.25) is 0 Å². The summed E-state index contributed by atoms with van der Waals surface area (Å²) in [5, 5.41) is 0. The van der Waals surface area contributed by atoms with Gasteiger partial charge in [0.15, 0.2) is 15.8 Å². The number of carbonyl (C=O) groups excluding carboxylic acids is 1. The second-order valence-corrected chi connectivity index (χ2v) is 10.3. The zero-order valence-corrected chi connectivity index (χ0v) is 22.2. The highest BCUT2D eigenvalue weighted by atomic mass is 79.9. The van der Waals surface area contributed by atoms with Crippen molar-refractivity contribution in [1.29, 1.82) is 0 Å². The molecule has 4 rings (SSSR count). The lowest BCUT2D eigenvalue weighted by molar-refractivity contribution is -0.113. The van der Waals surface area contributed by atoms with Crippen molar-refractivity contribution < 1.29 is 14.3 Å². The van der Waals surface area contributed by atoms with Crippen molar-refractivity contribution in [3.8, 4) is 11.5 Å². The Hall–Kier alpha value is -2.81. The molecule has 8 heteroatoms. The average molecular weight is 556 g/mol. The highest BCUT2D eigenvalue weighted by Gasteiger charge is 2.33. The Kier molecular flexibility index (Phi) is 7.60. The van der Waals surface area contributed by atoms with Gasteiger partial charge in [-0.05, 0) is 69.5 Å². The van der Waals surface area contributed by atoms with E-state index in [1.807, 2.05) is 91.8 Å². The van der Waals surface area contributed by atoms with Crippen molar-refractivity contribution >= 4 is 67.6 Å². The number of hydrogen-bond donors (Lipinski definition) is 0. The SMILES string of the molecule is COc1cc(/C=C2/SC(=S)N(c3ccc(N(C)C)cc3)C2=O)cc(Br)c1OCc1ccccc1. The maximum atomic E-state index is 13.2. The van der Waals surface area contributed by atoms with Gasteiger partial charge in [-0.2, -0.15) is 0 Å². The lowest BCUT2D eigenvalue weighted by Gasteiger charge is -2.17. The van der Waals surface area contributed by atoms with Gasteiger partial charge in [-0.25, -0.2) is 0 Å². The number of thiocarbonyl (C=S) groups is 1. The number of methoxy groups -OCH3 is 1. The van der Waals surface area contributed by atoms with Crippen LogP contribution in [0.3, 0.4) is 0 Å². The lowest BCUT2D eigenvalue weighted by Crippen LogP contribution is -2.27. The molecule has 0 radical (unpaired) electrons. The number of carbonyl (C=O) groups is 1. The fraction of sp³-hybridized carbons (Fsp3) is 0.154. The molecular weight excluding hydrogens is 532 g/mol. The zero-order chi connectivity index (χ0) is 24.2. The number of anilines is 2. The van der Waals surface area contributed by atoms with Crippen LogP contribution in [0.4, 0.5) is 11.4 Å². The van der Waals surface area contributed by atoms with Gasteiger partial charge >= 0.3 is 0 Å². The Morgan fingerprint density at radius 3 is 2.44 bits per heavy atom. The maximum Gasteiger partial charge on any atom is 0.270 e. The van der Waals surface area contributed by atoms with Crippen LogP contribution < -0.4 is 19.3 Å². The topological polar surface area (TPSA) is 42.0 Å². The summed E-state index contributed by atoms with van der Waals surface area (Å²) >= 11 is 10.4. The first-order chi connectivity index (χ1) is 16.4. The third kappa shape index (κ3) is 5.29. The van der Waals surface area contributed by atoms with Gasteiger partial charge in [0.2, 0.25) is 0 Å². The van der Waals surface area contributed by atoms with Crippen molar-refractivity contribution in [3.05, 3.63) is 87.2 Å². The minimum atomic E-state index is -0.146. The first-order valence-electron chi connectivity index (χ1n) is 10.5. The molecule has 5 nitrogen and oxygen atoms in total. The van der Waals surface area contributed by atoms with Crippen molar-refractivity contribution in [1.82, 2.24) is 0 Å². The number of rotatable bonds is 7. The molecular formula is C26H23BrN2O3S2. The van der Waals surface area contributed by atoms with E-state index in [0.717, 1.165) is 27.0 Å². The molecule has 0 N–H and O–H groups in total. The summed E-state index contributed by atoms with van der Waals surface area (Å²) in [5.74, 6) is 1.04. The zero-order valence-electron chi connectivity index (χ0n) is 18.9. The molecule has 0 spiro atoms. The smallest absolute Gasteiger partial charge is 0.270 e. The number of benzene rings is 3. The van der Waals surface area contributed by atoms with Crippen LogP contribution in [-0.2, 0) is 11.4 Å². The summed E-state index contributed by atoms with van der Waals surface area (Å²) in [5.41, 5.74) is 3.67. The number of halogens is 1. The van der Waals surface area contributed by atoms with E-state index in [2.05, 4.69) is 15.9 Å². The van der Waals surface area contributed by atoms with E-state index < -0.39 is 0 Å². The van der Waals surface area contributed by atoms with Gasteiger partial charge in [0.05, 0.1) is 22.2 Å². The Bertz CT molecular complexity index is 1240. The molecule has 1 fully saturated rings. The van der Waals surface area contributed by atoms with Gasteiger partial charge in [0.1, 0.15) is 6.61 Å². The van der Waals surface area contributed by atoms with Crippen molar-refractivity contribution in [3.63, 3.8) is 0 Å². The van der Waals surface area contributed by atoms with Gasteiger partial charge in [-0.3, -0.25) is 9.69 Å². The lowest BCUT2D eigenvalue weighted by atomic mass is 10.1. The van der Waals surface area contributed by atoms with Crippen molar-refractivity contribution in [2.24, 2.45) is 0 Å². The summed E-state index contributed by atoms with van der Waals surface area (Å²) in [6.45, 7) is 0.417. The summed E-state index contributed by atoms with van der Waals surface area (Å²) in [4.78, 5) is 17.3. The number of nitrogens with zero attached hydrogens (tertiary/aromatic N) is 2. The van der Waals surface area contributed by atoms with Crippen molar-refractivity contribution in [2.45, 2.75) is 6.61 Å². The quantitative estimate of drug-likeness (QED) is 0.245. The second kappa shape index (κ2) is 10.6. The van der Waals surface area contributed by atoms with Crippen LogP contribution in [0.15, 0.2) is 76.1 Å². The predicted octanol–water partition coefficient (Wildman–Crippen LogP) is 6.51. The first-order valence-corrected chi connectivity index (χ1v) is 12.5. The van der Waals surface area contributed by atoms with Crippen LogP contribution in [0.25, 0.3) is 6.08 Å². The predicted molar refractivity (Wildman–Crippen MR) is 148 cm³/mol. The maximum absolute atomic E-state index is 13.2. The van der Waals surface area contributed by atoms with Gasteiger partial charge < -0.3 is 14.4 Å². The van der Waals surface area contributed by atoms with Crippen LogP contribution in [0, 0.1) is 0 Å². The van der Waals surface area contributed by atoms with Gasteiger partial charge in [0.25, 0.3) is 5.91 Å². The van der Waals surface area contributed by atoms with Crippen molar-refractivity contribution in [2.75, 3.05) is 31.0 Å². The number of hydrogen-bond acceptors (Lipinski definition) is 6. The normalized spacial score (nSPS) is 14.6. The average Bonchev–Trinajstić information content (AvgIpc) is 3.11. The molecule has 1 heterocycles. The van der Waals surface area contributed by atoms with E-state index in [1.165, 1.54) is 11.8 Å². The van der Waals surface area contributed by atoms with E-state index >= 15 is 0 Å². The minimum absolute atomic E-state index is 0.146. The molecule has 1 saturated heterocycles. The Morgan fingerprint density at radius 1 is 1.09 bits per heavy atom. The van der Waals surface area contributed by atoms with Gasteiger partial charge in [-0.1, -0.05) is 54.3 Å². The van der Waals surface area contributed by atoms with Crippen LogP contribution in [-0.4, -0.2) is 31.4 Å². The third-order valence-electron chi connectivity index (χ3n) is 5.19. The molecule has 0 unspecified atom stereocenters. The van der Waals surface area contributed by atoms with E-state index in [-0.39, 0.29) is 5.91 Å². The Balaban J connectivity index is 1.56. The molecule has 34 heavy (non-hydrogen) atoms. The summed E-state index contributed by atoms with van der Waals surface area (Å²) in [6, 6.07) is 21.4. The second-order valence-electron chi connectivity index (χ2n) is 7.74. The molecule has 3 aromatic carbocycles. The van der Waals surface area contributed by atoms with E-state index in [0.29, 0.717) is 27.3 Å². The van der Waals surface area contributed by atoms with Gasteiger partial charge in [-0.15, -0.1) is 0 Å². The van der Waals surface area contributed by atoms with Crippen LogP contribution in [0.5, 0.6) is 11.5 Å².